The highest BCUT2D eigenvalue weighted by Gasteiger charge is 2.17. The van der Waals surface area contributed by atoms with Gasteiger partial charge in [0.05, 0.1) is 21.9 Å². The quantitative estimate of drug-likeness (QED) is 0.940. The average Bonchev–Trinajstić information content (AvgIpc) is 2.72. The van der Waals surface area contributed by atoms with Gasteiger partial charge in [0.1, 0.15) is 11.5 Å². The van der Waals surface area contributed by atoms with Gasteiger partial charge in [-0.2, -0.15) is 0 Å². The third kappa shape index (κ3) is 3.48. The van der Waals surface area contributed by atoms with E-state index in [4.69, 9.17) is 23.2 Å². The minimum absolute atomic E-state index is 0.0501. The van der Waals surface area contributed by atoms with Crippen molar-refractivity contribution >= 4 is 23.2 Å². The van der Waals surface area contributed by atoms with Crippen molar-refractivity contribution in [2.75, 3.05) is 0 Å². The summed E-state index contributed by atoms with van der Waals surface area (Å²) >= 11 is 12.1. The van der Waals surface area contributed by atoms with Gasteiger partial charge in [-0.25, -0.2) is 9.07 Å². The van der Waals surface area contributed by atoms with Crippen molar-refractivity contribution in [3.8, 4) is 5.69 Å². The minimum atomic E-state index is -0.488. The fraction of sp³-hybridized carbons (Fsp3) is 0.385. The molecule has 0 amide bonds. The Bertz CT molecular complexity index is 596. The fourth-order valence-corrected chi connectivity index (χ4v) is 2.28. The Labute approximate surface area is 126 Å². The molecule has 2 rings (SSSR count). The molecule has 1 aromatic heterocycles. The maximum atomic E-state index is 13.2. The Hall–Kier alpha value is -1.17. The summed E-state index contributed by atoms with van der Waals surface area (Å²) in [4.78, 5) is 0. The zero-order chi connectivity index (χ0) is 14.9. The standard InChI is InChI=1S/C13H15Cl2FN4/c1-13(2,3)17-6-9-7-18-19-20(9)12-10(14)4-8(16)5-11(12)15/h4-5,7,17H,6H2,1-3H3. The van der Waals surface area contributed by atoms with Crippen LogP contribution in [-0.4, -0.2) is 20.5 Å². The second-order valence-corrected chi connectivity index (χ2v) is 6.27. The molecule has 0 saturated carbocycles. The molecule has 0 aliphatic heterocycles. The first-order chi connectivity index (χ1) is 9.28. The smallest absolute Gasteiger partial charge is 0.126 e. The number of halogens is 3. The predicted octanol–water partition coefficient (Wildman–Crippen LogP) is 3.60. The van der Waals surface area contributed by atoms with Gasteiger partial charge in [-0.3, -0.25) is 0 Å². The highest BCUT2D eigenvalue weighted by molar-refractivity contribution is 6.37. The van der Waals surface area contributed by atoms with Gasteiger partial charge in [0.25, 0.3) is 0 Å². The molecule has 1 N–H and O–H groups in total. The lowest BCUT2D eigenvalue weighted by atomic mass is 10.1. The number of aromatic nitrogens is 3. The number of hydrogen-bond acceptors (Lipinski definition) is 3. The van der Waals surface area contributed by atoms with E-state index in [-0.39, 0.29) is 15.6 Å². The van der Waals surface area contributed by atoms with Crippen LogP contribution in [0, 0.1) is 5.82 Å². The van der Waals surface area contributed by atoms with Gasteiger partial charge >= 0.3 is 0 Å². The molecule has 0 aliphatic carbocycles. The first-order valence-electron chi connectivity index (χ1n) is 6.07. The molecule has 0 aliphatic rings. The normalized spacial score (nSPS) is 11.9. The third-order valence-electron chi connectivity index (χ3n) is 2.61. The molecule has 0 bridgehead atoms. The van der Waals surface area contributed by atoms with Crippen molar-refractivity contribution in [3.63, 3.8) is 0 Å². The summed E-state index contributed by atoms with van der Waals surface area (Å²) in [7, 11) is 0. The van der Waals surface area contributed by atoms with E-state index in [0.717, 1.165) is 5.69 Å². The first kappa shape index (κ1) is 15.2. The van der Waals surface area contributed by atoms with Crippen molar-refractivity contribution < 1.29 is 4.39 Å². The molecular formula is C13H15Cl2FN4. The molecule has 1 aromatic carbocycles. The summed E-state index contributed by atoms with van der Waals surface area (Å²) in [6.07, 6.45) is 1.62. The summed E-state index contributed by atoms with van der Waals surface area (Å²) < 4.78 is 14.7. The Morgan fingerprint density at radius 3 is 2.40 bits per heavy atom. The SMILES string of the molecule is CC(C)(C)NCc1cnnn1-c1c(Cl)cc(F)cc1Cl. The number of benzene rings is 1. The van der Waals surface area contributed by atoms with Crippen LogP contribution in [0.3, 0.4) is 0 Å². The van der Waals surface area contributed by atoms with Gasteiger partial charge in [0.2, 0.25) is 0 Å². The first-order valence-corrected chi connectivity index (χ1v) is 6.83. The molecule has 4 nitrogen and oxygen atoms in total. The number of nitrogens with one attached hydrogen (secondary N) is 1. The molecule has 108 valence electrons. The van der Waals surface area contributed by atoms with E-state index in [1.54, 1.807) is 6.20 Å². The molecule has 2 aromatic rings. The van der Waals surface area contributed by atoms with E-state index in [0.29, 0.717) is 12.2 Å². The summed E-state index contributed by atoms with van der Waals surface area (Å²) in [6, 6.07) is 2.40. The Morgan fingerprint density at radius 2 is 1.85 bits per heavy atom. The zero-order valence-corrected chi connectivity index (χ0v) is 12.9. The van der Waals surface area contributed by atoms with Crippen molar-refractivity contribution in [1.29, 1.82) is 0 Å². The van der Waals surface area contributed by atoms with Crippen molar-refractivity contribution in [3.05, 3.63) is 39.9 Å². The maximum Gasteiger partial charge on any atom is 0.126 e. The molecular weight excluding hydrogens is 302 g/mol. The molecule has 0 fully saturated rings. The van der Waals surface area contributed by atoms with Crippen LogP contribution in [0.4, 0.5) is 4.39 Å². The van der Waals surface area contributed by atoms with Gasteiger partial charge in [0.15, 0.2) is 0 Å². The topological polar surface area (TPSA) is 42.7 Å². The van der Waals surface area contributed by atoms with Crippen molar-refractivity contribution in [2.24, 2.45) is 0 Å². The van der Waals surface area contributed by atoms with Gasteiger partial charge < -0.3 is 5.32 Å². The molecule has 0 saturated heterocycles. The van der Waals surface area contributed by atoms with Crippen LogP contribution in [0.25, 0.3) is 5.69 Å². The van der Waals surface area contributed by atoms with E-state index in [2.05, 4.69) is 36.4 Å². The Kier molecular flexibility index (Phi) is 4.32. The number of hydrogen-bond donors (Lipinski definition) is 1. The van der Waals surface area contributed by atoms with Crippen LogP contribution in [-0.2, 0) is 6.54 Å². The monoisotopic (exact) mass is 316 g/mol. The van der Waals surface area contributed by atoms with Crippen LogP contribution in [0.15, 0.2) is 18.3 Å². The minimum Gasteiger partial charge on any atom is -0.306 e. The van der Waals surface area contributed by atoms with Gasteiger partial charge in [-0.15, -0.1) is 5.10 Å². The van der Waals surface area contributed by atoms with E-state index in [1.807, 2.05) is 0 Å². The highest BCUT2D eigenvalue weighted by Crippen LogP contribution is 2.30. The molecule has 7 heteroatoms. The molecule has 0 radical (unpaired) electrons. The second kappa shape index (κ2) is 5.68. The van der Waals surface area contributed by atoms with Gasteiger partial charge in [-0.05, 0) is 32.9 Å². The molecule has 0 atom stereocenters. The van der Waals surface area contributed by atoms with Gasteiger partial charge in [-0.1, -0.05) is 28.4 Å². The lowest BCUT2D eigenvalue weighted by molar-refractivity contribution is 0.418. The van der Waals surface area contributed by atoms with Gasteiger partial charge in [0, 0.05) is 12.1 Å². The largest absolute Gasteiger partial charge is 0.306 e. The summed E-state index contributed by atoms with van der Waals surface area (Å²) in [6.45, 7) is 6.71. The van der Waals surface area contributed by atoms with Crippen molar-refractivity contribution in [1.82, 2.24) is 20.3 Å². The molecule has 0 spiro atoms. The van der Waals surface area contributed by atoms with E-state index < -0.39 is 5.82 Å². The lowest BCUT2D eigenvalue weighted by Gasteiger charge is -2.20. The van der Waals surface area contributed by atoms with Crippen LogP contribution < -0.4 is 5.32 Å². The van der Waals surface area contributed by atoms with Crippen LogP contribution in [0.5, 0.6) is 0 Å². The molecule has 20 heavy (non-hydrogen) atoms. The average molecular weight is 317 g/mol. The van der Waals surface area contributed by atoms with Crippen LogP contribution in [0.1, 0.15) is 26.5 Å². The predicted molar refractivity (Wildman–Crippen MR) is 77.9 cm³/mol. The summed E-state index contributed by atoms with van der Waals surface area (Å²) in [5.41, 5.74) is 1.17. The highest BCUT2D eigenvalue weighted by atomic mass is 35.5. The number of nitrogens with zero attached hydrogens (tertiary/aromatic N) is 3. The van der Waals surface area contributed by atoms with Crippen LogP contribution in [0.2, 0.25) is 10.0 Å². The molecule has 1 heterocycles. The fourth-order valence-electron chi connectivity index (χ4n) is 1.66. The maximum absolute atomic E-state index is 13.2. The second-order valence-electron chi connectivity index (χ2n) is 5.46. The third-order valence-corrected chi connectivity index (χ3v) is 3.19. The lowest BCUT2D eigenvalue weighted by Crippen LogP contribution is -2.35. The molecule has 0 unspecified atom stereocenters. The van der Waals surface area contributed by atoms with E-state index in [9.17, 15) is 4.39 Å². The van der Waals surface area contributed by atoms with E-state index >= 15 is 0 Å². The summed E-state index contributed by atoms with van der Waals surface area (Å²) in [5.74, 6) is -0.488. The van der Waals surface area contributed by atoms with Crippen molar-refractivity contribution in [2.45, 2.75) is 32.9 Å². The Balaban J connectivity index is 2.38. The summed E-state index contributed by atoms with van der Waals surface area (Å²) in [5, 5.41) is 11.5. The Morgan fingerprint density at radius 1 is 1.25 bits per heavy atom. The number of rotatable bonds is 3. The van der Waals surface area contributed by atoms with E-state index in [1.165, 1.54) is 16.8 Å². The zero-order valence-electron chi connectivity index (χ0n) is 11.4. The van der Waals surface area contributed by atoms with Crippen LogP contribution >= 0.6 is 23.2 Å².